The summed E-state index contributed by atoms with van der Waals surface area (Å²) in [7, 11) is 3.10. The molecule has 0 atom stereocenters. The Morgan fingerprint density at radius 3 is 2.65 bits per heavy atom. The number of fused-ring (bicyclic) bond motifs is 1. The highest BCUT2D eigenvalue weighted by atomic mass is 32.1. The van der Waals surface area contributed by atoms with Crippen LogP contribution in [-0.4, -0.2) is 35.1 Å². The zero-order chi connectivity index (χ0) is 22.0. The van der Waals surface area contributed by atoms with E-state index in [2.05, 4.69) is 20.3 Å². The fourth-order valence-corrected chi connectivity index (χ4v) is 5.03. The van der Waals surface area contributed by atoms with E-state index in [4.69, 9.17) is 9.47 Å². The Labute approximate surface area is 185 Å². The molecule has 0 saturated heterocycles. The molecule has 0 bridgehead atoms. The van der Waals surface area contributed by atoms with Crippen LogP contribution in [0.25, 0.3) is 10.2 Å². The standard InChI is InChI=1S/C21H19FN4O3S2/c1-11-16-19(29-3)24-15(10-28-2)25-20(16)31-17(11)18(27)26-21-23-9-14(30-21)8-12-4-6-13(22)7-5-12/h4-7,9H,8,10H2,1-3H3,(H,23,26,27). The predicted octanol–water partition coefficient (Wildman–Crippen LogP) is 4.59. The van der Waals surface area contributed by atoms with E-state index in [1.807, 2.05) is 6.92 Å². The van der Waals surface area contributed by atoms with E-state index in [0.717, 1.165) is 16.0 Å². The number of nitrogens with zero attached hydrogens (tertiary/aromatic N) is 3. The molecule has 0 aliphatic heterocycles. The van der Waals surface area contributed by atoms with Gasteiger partial charge in [-0.1, -0.05) is 12.1 Å². The van der Waals surface area contributed by atoms with E-state index in [1.54, 1.807) is 25.4 Å². The number of hydrogen-bond donors (Lipinski definition) is 1. The molecule has 31 heavy (non-hydrogen) atoms. The number of carbonyl (C=O) groups is 1. The van der Waals surface area contributed by atoms with E-state index in [9.17, 15) is 9.18 Å². The Morgan fingerprint density at radius 1 is 1.16 bits per heavy atom. The molecule has 0 spiro atoms. The van der Waals surface area contributed by atoms with Crippen LogP contribution in [0.2, 0.25) is 0 Å². The first-order valence-electron chi connectivity index (χ1n) is 9.32. The van der Waals surface area contributed by atoms with E-state index >= 15 is 0 Å². The minimum atomic E-state index is -0.268. The summed E-state index contributed by atoms with van der Waals surface area (Å²) in [6.45, 7) is 2.10. The predicted molar refractivity (Wildman–Crippen MR) is 119 cm³/mol. The third-order valence-corrected chi connectivity index (χ3v) is 6.64. The summed E-state index contributed by atoms with van der Waals surface area (Å²) in [4.78, 5) is 28.2. The van der Waals surface area contributed by atoms with E-state index < -0.39 is 0 Å². The van der Waals surface area contributed by atoms with Crippen LogP contribution in [0.5, 0.6) is 5.88 Å². The lowest BCUT2D eigenvalue weighted by molar-refractivity contribution is 0.103. The number of amides is 1. The van der Waals surface area contributed by atoms with Crippen LogP contribution in [0, 0.1) is 12.7 Å². The molecule has 1 N–H and O–H groups in total. The molecule has 0 aliphatic rings. The molecule has 0 aliphatic carbocycles. The normalized spacial score (nSPS) is 11.1. The highest BCUT2D eigenvalue weighted by Gasteiger charge is 2.22. The number of aryl methyl sites for hydroxylation is 1. The second-order valence-electron chi connectivity index (χ2n) is 6.71. The maximum atomic E-state index is 13.1. The highest BCUT2D eigenvalue weighted by molar-refractivity contribution is 7.21. The van der Waals surface area contributed by atoms with Gasteiger partial charge in [-0.2, -0.15) is 4.98 Å². The summed E-state index contributed by atoms with van der Waals surface area (Å²) in [6.07, 6.45) is 2.33. The van der Waals surface area contributed by atoms with Crippen LogP contribution in [0.15, 0.2) is 30.5 Å². The average molecular weight is 459 g/mol. The van der Waals surface area contributed by atoms with Crippen LogP contribution >= 0.6 is 22.7 Å². The number of aromatic nitrogens is 3. The van der Waals surface area contributed by atoms with Crippen LogP contribution in [0.3, 0.4) is 0 Å². The Morgan fingerprint density at radius 2 is 1.94 bits per heavy atom. The van der Waals surface area contributed by atoms with E-state index in [1.165, 1.54) is 41.9 Å². The molecule has 4 rings (SSSR count). The van der Waals surface area contributed by atoms with E-state index in [-0.39, 0.29) is 18.3 Å². The lowest BCUT2D eigenvalue weighted by Crippen LogP contribution is -2.11. The Bertz CT molecular complexity index is 1240. The van der Waals surface area contributed by atoms with Crippen molar-refractivity contribution in [2.45, 2.75) is 20.0 Å². The lowest BCUT2D eigenvalue weighted by Gasteiger charge is -2.05. The van der Waals surface area contributed by atoms with Crippen LogP contribution in [0.1, 0.15) is 31.5 Å². The number of ether oxygens (including phenoxy) is 2. The molecule has 160 valence electrons. The largest absolute Gasteiger partial charge is 0.480 e. The smallest absolute Gasteiger partial charge is 0.267 e. The topological polar surface area (TPSA) is 86.2 Å². The van der Waals surface area contributed by atoms with Crippen molar-refractivity contribution in [1.82, 2.24) is 15.0 Å². The van der Waals surface area contributed by atoms with Crippen molar-refractivity contribution in [2.75, 3.05) is 19.5 Å². The van der Waals surface area contributed by atoms with Crippen molar-refractivity contribution in [2.24, 2.45) is 0 Å². The summed E-state index contributed by atoms with van der Waals surface area (Å²) in [6, 6.07) is 6.33. The van der Waals surface area contributed by atoms with Gasteiger partial charge >= 0.3 is 0 Å². The van der Waals surface area contributed by atoms with Gasteiger partial charge in [-0.15, -0.1) is 22.7 Å². The summed E-state index contributed by atoms with van der Waals surface area (Å²) < 4.78 is 23.6. The molecular formula is C21H19FN4O3S2. The summed E-state index contributed by atoms with van der Waals surface area (Å²) in [5.41, 5.74) is 1.72. The Balaban J connectivity index is 1.55. The first kappa shape index (κ1) is 21.3. The zero-order valence-electron chi connectivity index (χ0n) is 17.1. The molecule has 7 nitrogen and oxygen atoms in total. The number of carbonyl (C=O) groups excluding carboxylic acids is 1. The number of halogens is 1. The molecule has 1 aromatic carbocycles. The van der Waals surface area contributed by atoms with Crippen molar-refractivity contribution >= 4 is 43.9 Å². The van der Waals surface area contributed by atoms with Gasteiger partial charge in [0.1, 0.15) is 17.3 Å². The van der Waals surface area contributed by atoms with Gasteiger partial charge in [-0.25, -0.2) is 14.4 Å². The summed E-state index contributed by atoms with van der Waals surface area (Å²) in [5.74, 6) is 0.375. The molecule has 10 heteroatoms. The monoisotopic (exact) mass is 458 g/mol. The minimum absolute atomic E-state index is 0.251. The number of rotatable bonds is 7. The third kappa shape index (κ3) is 4.55. The molecule has 3 aromatic heterocycles. The number of anilines is 1. The van der Waals surface area contributed by atoms with Gasteiger partial charge in [0.05, 0.1) is 17.4 Å². The second kappa shape index (κ2) is 9.04. The van der Waals surface area contributed by atoms with Gasteiger partial charge in [-0.05, 0) is 30.2 Å². The van der Waals surface area contributed by atoms with Crippen molar-refractivity contribution in [3.8, 4) is 5.88 Å². The van der Waals surface area contributed by atoms with Crippen molar-refractivity contribution < 1.29 is 18.7 Å². The van der Waals surface area contributed by atoms with Gasteiger partial charge in [0.15, 0.2) is 11.0 Å². The summed E-state index contributed by atoms with van der Waals surface area (Å²) >= 11 is 2.66. The molecule has 1 amide bonds. The first-order valence-corrected chi connectivity index (χ1v) is 10.9. The molecule has 3 heterocycles. The lowest BCUT2D eigenvalue weighted by atomic mass is 10.1. The summed E-state index contributed by atoms with van der Waals surface area (Å²) in [5, 5.41) is 4.07. The highest BCUT2D eigenvalue weighted by Crippen LogP contribution is 2.35. The number of thiazole rings is 1. The number of thiophene rings is 1. The molecule has 0 radical (unpaired) electrons. The molecule has 0 fully saturated rings. The van der Waals surface area contributed by atoms with Crippen LogP contribution in [-0.2, 0) is 17.8 Å². The van der Waals surface area contributed by atoms with Gasteiger partial charge in [0.25, 0.3) is 5.91 Å². The third-order valence-electron chi connectivity index (χ3n) is 4.54. The molecule has 0 saturated carbocycles. The number of benzene rings is 1. The quantitative estimate of drug-likeness (QED) is 0.436. The van der Waals surface area contributed by atoms with E-state index in [0.29, 0.717) is 38.4 Å². The van der Waals surface area contributed by atoms with Crippen molar-refractivity contribution in [3.05, 3.63) is 63.0 Å². The number of methoxy groups -OCH3 is 2. The maximum Gasteiger partial charge on any atom is 0.267 e. The van der Waals surface area contributed by atoms with Gasteiger partial charge in [0, 0.05) is 24.6 Å². The Hall–Kier alpha value is -2.95. The van der Waals surface area contributed by atoms with Gasteiger partial charge in [0.2, 0.25) is 5.88 Å². The maximum absolute atomic E-state index is 13.1. The molecule has 4 aromatic rings. The average Bonchev–Trinajstić information content (AvgIpc) is 3.33. The second-order valence-corrected chi connectivity index (χ2v) is 8.82. The Kier molecular flexibility index (Phi) is 6.21. The van der Waals surface area contributed by atoms with Crippen LogP contribution in [0.4, 0.5) is 9.52 Å². The van der Waals surface area contributed by atoms with Crippen LogP contribution < -0.4 is 10.1 Å². The first-order chi connectivity index (χ1) is 15.0. The number of hydrogen-bond acceptors (Lipinski definition) is 8. The van der Waals surface area contributed by atoms with Gasteiger partial charge < -0.3 is 9.47 Å². The molecular weight excluding hydrogens is 439 g/mol. The minimum Gasteiger partial charge on any atom is -0.480 e. The van der Waals surface area contributed by atoms with Gasteiger partial charge in [-0.3, -0.25) is 10.1 Å². The number of nitrogens with one attached hydrogen (secondary N) is 1. The zero-order valence-corrected chi connectivity index (χ0v) is 18.7. The SMILES string of the molecule is COCc1nc(OC)c2c(C)c(C(=O)Nc3ncc(Cc4ccc(F)cc4)s3)sc2n1. The molecule has 0 unspecified atom stereocenters. The fourth-order valence-electron chi connectivity index (χ4n) is 3.11. The van der Waals surface area contributed by atoms with Crippen molar-refractivity contribution in [1.29, 1.82) is 0 Å². The van der Waals surface area contributed by atoms with Crippen molar-refractivity contribution in [3.63, 3.8) is 0 Å². The fraction of sp³-hybridized carbons (Fsp3) is 0.238.